The zero-order valence-electron chi connectivity index (χ0n) is 24.3. The topological polar surface area (TPSA) is 145 Å². The zero-order valence-corrected chi connectivity index (χ0v) is 25.8. The fraction of sp³-hybridized carbons (Fsp3) is 0.242. The number of nitro groups is 1. The van der Waals surface area contributed by atoms with Gasteiger partial charge in [0.25, 0.3) is 12.1 Å². The van der Waals surface area contributed by atoms with Crippen LogP contribution < -0.4 is 15.5 Å². The number of benzene rings is 3. The molecule has 45 heavy (non-hydrogen) atoms. The number of carboxylic acid groups (broad SMARTS) is 1. The Morgan fingerprint density at radius 3 is 2.31 bits per heavy atom. The van der Waals surface area contributed by atoms with E-state index in [0.717, 1.165) is 42.2 Å². The number of allylic oxidation sites excluding steroid dienone is 2. The number of carbonyl (C=O) groups excluding carboxylic acids is 1. The largest absolute Gasteiger partial charge is 0.479 e. The molecule has 12 heteroatoms. The Morgan fingerprint density at radius 1 is 1.04 bits per heavy atom. The fourth-order valence-electron chi connectivity index (χ4n) is 4.90. The molecule has 1 amide bonds. The van der Waals surface area contributed by atoms with Crippen LogP contribution in [0, 0.1) is 10.1 Å². The van der Waals surface area contributed by atoms with Gasteiger partial charge in [0.05, 0.1) is 17.5 Å². The highest BCUT2D eigenvalue weighted by molar-refractivity contribution is 7.79. The molecular formula is C33H33ClN4O6S. The lowest BCUT2D eigenvalue weighted by Gasteiger charge is -2.29. The summed E-state index contributed by atoms with van der Waals surface area (Å²) in [6, 6.07) is 20.9. The number of carbonyl (C=O) groups is 2. The van der Waals surface area contributed by atoms with Crippen molar-refractivity contribution < 1.29 is 24.7 Å². The summed E-state index contributed by atoms with van der Waals surface area (Å²) in [5.41, 5.74) is 4.85. The highest BCUT2D eigenvalue weighted by atomic mass is 35.5. The molecule has 1 unspecified atom stereocenters. The third-order valence-corrected chi connectivity index (χ3v) is 7.85. The average molecular weight is 649 g/mol. The number of hydrogen-bond acceptors (Lipinski definition) is 8. The lowest BCUT2D eigenvalue weighted by molar-refractivity contribution is -0.403. The number of halogens is 1. The van der Waals surface area contributed by atoms with E-state index in [1.54, 1.807) is 53.4 Å². The second kappa shape index (κ2) is 15.9. The highest BCUT2D eigenvalue weighted by Gasteiger charge is 2.21. The molecule has 4 N–H and O–H groups in total. The number of rotatable bonds is 14. The van der Waals surface area contributed by atoms with E-state index < -0.39 is 35.5 Å². The molecule has 234 valence electrons. The van der Waals surface area contributed by atoms with E-state index in [4.69, 9.17) is 28.9 Å². The van der Waals surface area contributed by atoms with E-state index >= 15 is 0 Å². The monoisotopic (exact) mass is 648 g/mol. The summed E-state index contributed by atoms with van der Waals surface area (Å²) in [4.78, 5) is 36.4. The van der Waals surface area contributed by atoms with Crippen LogP contribution in [-0.2, 0) is 11.3 Å². The molecule has 2 atom stereocenters. The summed E-state index contributed by atoms with van der Waals surface area (Å²) in [7, 11) is 0. The maximum absolute atomic E-state index is 12.5. The number of aliphatic hydroxyl groups excluding tert-OH is 1. The van der Waals surface area contributed by atoms with Gasteiger partial charge in [-0.1, -0.05) is 66.3 Å². The first-order valence-electron chi connectivity index (χ1n) is 14.3. The molecule has 3 aromatic carbocycles. The number of nitrogens with one attached hydrogen (secondary N) is 2. The summed E-state index contributed by atoms with van der Waals surface area (Å²) in [6.45, 7) is -0.245. The molecule has 4 rings (SSSR count). The molecule has 0 saturated heterocycles. The van der Waals surface area contributed by atoms with Crippen LogP contribution in [0.4, 0.5) is 5.69 Å². The van der Waals surface area contributed by atoms with E-state index in [1.165, 1.54) is 17.4 Å². The third kappa shape index (κ3) is 9.45. The number of thiocarbonyl (C=S) groups is 1. The number of anilines is 1. The smallest absolute Gasteiger partial charge is 0.334 e. The van der Waals surface area contributed by atoms with Gasteiger partial charge in [-0.15, -0.1) is 0 Å². The number of amides is 1. The third-order valence-electron chi connectivity index (χ3n) is 7.33. The second-order valence-corrected chi connectivity index (χ2v) is 11.2. The molecule has 3 aromatic rings. The first kappa shape index (κ1) is 33.3. The molecule has 0 bridgehead atoms. The van der Waals surface area contributed by atoms with Crippen molar-refractivity contribution in [3.63, 3.8) is 0 Å². The maximum atomic E-state index is 12.5. The molecule has 0 aliphatic heterocycles. The standard InChI is InChI=1S/C33H33ClN4O6S/c34-27-14-10-25(11-15-27)29(21-45)36-31(20-38(43)44)37(28-16-12-24(13-17-28)23-4-2-1-3-5-23)19-22-6-8-26(9-7-22)32(40)35-18-30(39)33(41)42/h4,6-17,20-21,29-30,36,39H,1-3,5,18-19H2,(H,35,40)(H,41,42)/b31-20-/t29?,30-/m1/s1. The van der Waals surface area contributed by atoms with Gasteiger partial charge in [-0.3, -0.25) is 14.9 Å². The van der Waals surface area contributed by atoms with Crippen molar-refractivity contribution >= 4 is 52.3 Å². The zero-order chi connectivity index (χ0) is 32.3. The Balaban J connectivity index is 1.65. The van der Waals surface area contributed by atoms with Crippen molar-refractivity contribution in [2.45, 2.75) is 44.4 Å². The number of nitrogens with zero attached hydrogens (tertiary/aromatic N) is 2. The van der Waals surface area contributed by atoms with E-state index in [2.05, 4.69) is 16.7 Å². The van der Waals surface area contributed by atoms with E-state index in [-0.39, 0.29) is 17.9 Å². The van der Waals surface area contributed by atoms with E-state index in [0.29, 0.717) is 10.7 Å². The van der Waals surface area contributed by atoms with Gasteiger partial charge < -0.3 is 25.7 Å². The molecule has 0 fully saturated rings. The Kier molecular flexibility index (Phi) is 11.8. The van der Waals surface area contributed by atoms with Crippen molar-refractivity contribution in [2.24, 2.45) is 0 Å². The molecule has 0 spiro atoms. The van der Waals surface area contributed by atoms with Crippen LogP contribution in [0.1, 0.15) is 58.8 Å². The molecule has 1 aliphatic rings. The minimum Gasteiger partial charge on any atom is -0.479 e. The lowest BCUT2D eigenvalue weighted by atomic mass is 9.93. The van der Waals surface area contributed by atoms with Gasteiger partial charge in [0.15, 0.2) is 11.9 Å². The van der Waals surface area contributed by atoms with E-state index in [9.17, 15) is 24.8 Å². The number of carboxylic acids is 1. The number of aliphatic carboxylic acids is 1. The molecule has 0 aromatic heterocycles. The normalized spacial score (nSPS) is 14.4. The Hall–Kier alpha value is -4.58. The molecule has 0 radical (unpaired) electrons. The van der Waals surface area contributed by atoms with Crippen molar-refractivity contribution in [2.75, 3.05) is 11.4 Å². The van der Waals surface area contributed by atoms with E-state index in [1.807, 2.05) is 24.3 Å². The van der Waals surface area contributed by atoms with Crippen LogP contribution in [0.3, 0.4) is 0 Å². The van der Waals surface area contributed by atoms with Gasteiger partial charge >= 0.3 is 5.97 Å². The highest BCUT2D eigenvalue weighted by Crippen LogP contribution is 2.30. The molecule has 10 nitrogen and oxygen atoms in total. The number of hydrogen-bond donors (Lipinski definition) is 4. The average Bonchev–Trinajstić information content (AvgIpc) is 3.05. The summed E-state index contributed by atoms with van der Waals surface area (Å²) in [5, 5.41) is 37.8. The van der Waals surface area contributed by atoms with Crippen LogP contribution in [0.5, 0.6) is 0 Å². The summed E-state index contributed by atoms with van der Waals surface area (Å²) in [6.07, 6.45) is 5.80. The minimum absolute atomic E-state index is 0.190. The van der Waals surface area contributed by atoms with Crippen LogP contribution in [-0.4, -0.2) is 45.0 Å². The van der Waals surface area contributed by atoms with Gasteiger partial charge in [-0.25, -0.2) is 4.79 Å². The predicted molar refractivity (Wildman–Crippen MR) is 178 cm³/mol. The fourth-order valence-corrected chi connectivity index (χ4v) is 5.26. The molecule has 1 aliphatic carbocycles. The van der Waals surface area contributed by atoms with Crippen LogP contribution in [0.2, 0.25) is 5.02 Å². The Morgan fingerprint density at radius 2 is 1.73 bits per heavy atom. The quantitative estimate of drug-likeness (QED) is 0.0956. The van der Waals surface area contributed by atoms with Crippen LogP contribution in [0.25, 0.3) is 5.57 Å². The second-order valence-electron chi connectivity index (χ2n) is 10.5. The Labute approximate surface area is 271 Å². The molecule has 0 heterocycles. The first-order chi connectivity index (χ1) is 21.6. The summed E-state index contributed by atoms with van der Waals surface area (Å²) < 4.78 is 0. The summed E-state index contributed by atoms with van der Waals surface area (Å²) in [5.74, 6) is -1.79. The molecule has 0 saturated carbocycles. The lowest BCUT2D eigenvalue weighted by Crippen LogP contribution is -2.36. The van der Waals surface area contributed by atoms with Crippen LogP contribution >= 0.6 is 23.8 Å². The van der Waals surface area contributed by atoms with Crippen molar-refractivity contribution in [1.29, 1.82) is 0 Å². The van der Waals surface area contributed by atoms with Gasteiger partial charge in [-0.2, -0.15) is 0 Å². The van der Waals surface area contributed by atoms with Gasteiger partial charge in [0.1, 0.15) is 0 Å². The van der Waals surface area contributed by atoms with Gasteiger partial charge in [0, 0.05) is 28.2 Å². The number of aliphatic hydroxyl groups is 1. The van der Waals surface area contributed by atoms with Crippen LogP contribution in [0.15, 0.2) is 90.9 Å². The maximum Gasteiger partial charge on any atom is 0.334 e. The van der Waals surface area contributed by atoms with Crippen molar-refractivity contribution in [3.8, 4) is 0 Å². The van der Waals surface area contributed by atoms with Gasteiger partial charge in [-0.05, 0) is 84.3 Å². The van der Waals surface area contributed by atoms with Crippen molar-refractivity contribution in [1.82, 2.24) is 10.6 Å². The summed E-state index contributed by atoms with van der Waals surface area (Å²) >= 11 is 11.4. The van der Waals surface area contributed by atoms with Crippen molar-refractivity contribution in [3.05, 3.63) is 128 Å². The Bertz CT molecular complexity index is 1580. The predicted octanol–water partition coefficient (Wildman–Crippen LogP) is 5.89. The van der Waals surface area contributed by atoms with Gasteiger partial charge in [0.2, 0.25) is 0 Å². The minimum atomic E-state index is -1.72. The molecular weight excluding hydrogens is 616 g/mol. The first-order valence-corrected chi connectivity index (χ1v) is 15.2. The SMILES string of the molecule is O=C(NC[C@@H](O)C(=O)O)c1ccc(CN(/C(=C\[N+](=O)[O-])NC(C=S)c2ccc(Cl)cc2)c2ccc(C3=CCCCC3)cc2)cc1.